The Morgan fingerprint density at radius 2 is 2.05 bits per heavy atom. The smallest absolute Gasteiger partial charge is 0.120 e. The molecule has 0 aliphatic heterocycles. The third kappa shape index (κ3) is 3.42. The summed E-state index contributed by atoms with van der Waals surface area (Å²) < 4.78 is 6.38. The van der Waals surface area contributed by atoms with E-state index in [9.17, 15) is 0 Å². The highest BCUT2D eigenvalue weighted by atomic mass is 16.5. The monoisotopic (exact) mass is 287 g/mol. The van der Waals surface area contributed by atoms with Crippen molar-refractivity contribution < 1.29 is 4.74 Å². The molecule has 0 bridgehead atoms. The van der Waals surface area contributed by atoms with Crippen molar-refractivity contribution >= 4 is 0 Å². The normalized spacial score (nSPS) is 28.4. The standard InChI is InChI=1S/C19H29NO/c1-2-4-14-7-8-17(13-20)19(11-14)21-18-10-9-15-5-3-6-16(15)12-18/h9-10,12,14,17,19H,2-8,11,13,20H2,1H3. The number of rotatable bonds is 5. The van der Waals surface area contributed by atoms with Crippen LogP contribution < -0.4 is 10.5 Å². The zero-order chi connectivity index (χ0) is 14.7. The molecule has 2 aliphatic rings. The van der Waals surface area contributed by atoms with Crippen LogP contribution in [0.3, 0.4) is 0 Å². The number of fused-ring (bicyclic) bond motifs is 1. The van der Waals surface area contributed by atoms with E-state index in [2.05, 4.69) is 25.1 Å². The maximum absolute atomic E-state index is 6.38. The van der Waals surface area contributed by atoms with Crippen LogP contribution in [0, 0.1) is 11.8 Å². The molecule has 1 aromatic carbocycles. The zero-order valence-electron chi connectivity index (χ0n) is 13.3. The average Bonchev–Trinajstić information content (AvgIpc) is 2.95. The third-order valence-corrected chi connectivity index (χ3v) is 5.39. The second-order valence-electron chi connectivity index (χ2n) is 6.90. The van der Waals surface area contributed by atoms with E-state index < -0.39 is 0 Å². The lowest BCUT2D eigenvalue weighted by molar-refractivity contribution is 0.0668. The first-order chi connectivity index (χ1) is 10.3. The molecule has 1 aromatic rings. The minimum absolute atomic E-state index is 0.319. The SMILES string of the molecule is CCCC1CCC(CN)C(Oc2ccc3c(c2)CCC3)C1. The Kier molecular flexibility index (Phi) is 4.84. The number of aryl methyl sites for hydroxylation is 2. The van der Waals surface area contributed by atoms with Crippen LogP contribution in [0.1, 0.15) is 56.6 Å². The first kappa shape index (κ1) is 14.9. The van der Waals surface area contributed by atoms with E-state index in [0.717, 1.165) is 18.2 Å². The van der Waals surface area contributed by atoms with Crippen LogP contribution in [0.15, 0.2) is 18.2 Å². The van der Waals surface area contributed by atoms with Gasteiger partial charge in [0.15, 0.2) is 0 Å². The Morgan fingerprint density at radius 1 is 1.19 bits per heavy atom. The fraction of sp³-hybridized carbons (Fsp3) is 0.684. The summed E-state index contributed by atoms with van der Waals surface area (Å²) in [5.41, 5.74) is 8.99. The Hall–Kier alpha value is -1.02. The Bertz CT molecular complexity index is 471. The average molecular weight is 287 g/mol. The molecule has 2 N–H and O–H groups in total. The summed E-state index contributed by atoms with van der Waals surface area (Å²) in [6, 6.07) is 6.71. The number of nitrogens with two attached hydrogens (primary N) is 1. The van der Waals surface area contributed by atoms with Crippen LogP contribution in [0.2, 0.25) is 0 Å². The van der Waals surface area contributed by atoms with Gasteiger partial charge in [0.2, 0.25) is 0 Å². The van der Waals surface area contributed by atoms with Gasteiger partial charge in [-0.05, 0) is 74.2 Å². The molecule has 21 heavy (non-hydrogen) atoms. The summed E-state index contributed by atoms with van der Waals surface area (Å²) in [6.07, 6.45) is 10.4. The predicted octanol–water partition coefficient (Wildman–Crippen LogP) is 4.10. The topological polar surface area (TPSA) is 35.2 Å². The highest BCUT2D eigenvalue weighted by Crippen LogP contribution is 2.35. The maximum Gasteiger partial charge on any atom is 0.120 e. The maximum atomic E-state index is 6.38. The van der Waals surface area contributed by atoms with Crippen LogP contribution >= 0.6 is 0 Å². The second-order valence-corrected chi connectivity index (χ2v) is 6.90. The lowest BCUT2D eigenvalue weighted by Crippen LogP contribution is -2.38. The highest BCUT2D eigenvalue weighted by Gasteiger charge is 2.31. The zero-order valence-corrected chi connectivity index (χ0v) is 13.3. The molecule has 0 amide bonds. The van der Waals surface area contributed by atoms with Gasteiger partial charge >= 0.3 is 0 Å². The van der Waals surface area contributed by atoms with E-state index in [1.54, 1.807) is 0 Å². The van der Waals surface area contributed by atoms with Crippen molar-refractivity contribution in [3.8, 4) is 5.75 Å². The summed E-state index contributed by atoms with van der Waals surface area (Å²) in [5.74, 6) is 2.43. The molecule has 0 heterocycles. The van der Waals surface area contributed by atoms with E-state index in [4.69, 9.17) is 10.5 Å². The highest BCUT2D eigenvalue weighted by molar-refractivity contribution is 5.38. The molecule has 1 saturated carbocycles. The molecule has 2 aliphatic carbocycles. The minimum atomic E-state index is 0.319. The first-order valence-corrected chi connectivity index (χ1v) is 8.78. The molecular weight excluding hydrogens is 258 g/mol. The summed E-state index contributed by atoms with van der Waals surface area (Å²) in [4.78, 5) is 0. The molecule has 3 atom stereocenters. The van der Waals surface area contributed by atoms with Gasteiger partial charge in [0.25, 0.3) is 0 Å². The molecule has 2 heteroatoms. The van der Waals surface area contributed by atoms with E-state index in [-0.39, 0.29) is 0 Å². The van der Waals surface area contributed by atoms with Gasteiger partial charge in [-0.2, -0.15) is 0 Å². The summed E-state index contributed by atoms with van der Waals surface area (Å²) in [5, 5.41) is 0. The van der Waals surface area contributed by atoms with Crippen LogP contribution in [-0.2, 0) is 12.8 Å². The van der Waals surface area contributed by atoms with Crippen molar-refractivity contribution in [1.82, 2.24) is 0 Å². The summed E-state index contributed by atoms with van der Waals surface area (Å²) >= 11 is 0. The van der Waals surface area contributed by atoms with Gasteiger partial charge in [0.1, 0.15) is 11.9 Å². The van der Waals surface area contributed by atoms with Gasteiger partial charge in [-0.1, -0.05) is 25.8 Å². The van der Waals surface area contributed by atoms with Gasteiger partial charge in [-0.15, -0.1) is 0 Å². The molecule has 2 nitrogen and oxygen atoms in total. The van der Waals surface area contributed by atoms with Crippen molar-refractivity contribution in [2.45, 2.75) is 64.4 Å². The molecular formula is C19H29NO. The van der Waals surface area contributed by atoms with Gasteiger partial charge in [-0.3, -0.25) is 0 Å². The lowest BCUT2D eigenvalue weighted by atomic mass is 9.78. The molecule has 1 fully saturated rings. The van der Waals surface area contributed by atoms with Crippen LogP contribution in [0.4, 0.5) is 0 Å². The van der Waals surface area contributed by atoms with E-state index in [1.165, 1.54) is 62.5 Å². The van der Waals surface area contributed by atoms with Crippen molar-refractivity contribution in [2.24, 2.45) is 17.6 Å². The van der Waals surface area contributed by atoms with Gasteiger partial charge in [-0.25, -0.2) is 0 Å². The van der Waals surface area contributed by atoms with Gasteiger partial charge < -0.3 is 10.5 Å². The minimum Gasteiger partial charge on any atom is -0.490 e. The molecule has 0 saturated heterocycles. The van der Waals surface area contributed by atoms with Crippen molar-refractivity contribution in [3.63, 3.8) is 0 Å². The van der Waals surface area contributed by atoms with Crippen LogP contribution in [-0.4, -0.2) is 12.6 Å². The third-order valence-electron chi connectivity index (χ3n) is 5.39. The molecule has 0 radical (unpaired) electrons. The molecule has 116 valence electrons. The van der Waals surface area contributed by atoms with Crippen molar-refractivity contribution in [2.75, 3.05) is 6.54 Å². The Labute approximate surface area is 129 Å². The first-order valence-electron chi connectivity index (χ1n) is 8.78. The molecule has 3 rings (SSSR count). The molecule has 3 unspecified atom stereocenters. The van der Waals surface area contributed by atoms with Crippen LogP contribution in [0.25, 0.3) is 0 Å². The number of hydrogen-bond donors (Lipinski definition) is 1. The number of benzene rings is 1. The Balaban J connectivity index is 1.68. The van der Waals surface area contributed by atoms with Crippen LogP contribution in [0.5, 0.6) is 5.75 Å². The van der Waals surface area contributed by atoms with Gasteiger partial charge in [0.05, 0.1) is 0 Å². The molecule has 0 spiro atoms. The van der Waals surface area contributed by atoms with Crippen molar-refractivity contribution in [3.05, 3.63) is 29.3 Å². The van der Waals surface area contributed by atoms with E-state index in [1.807, 2.05) is 0 Å². The quantitative estimate of drug-likeness (QED) is 0.885. The number of hydrogen-bond acceptors (Lipinski definition) is 2. The van der Waals surface area contributed by atoms with E-state index >= 15 is 0 Å². The largest absolute Gasteiger partial charge is 0.490 e. The predicted molar refractivity (Wildman–Crippen MR) is 87.7 cm³/mol. The fourth-order valence-electron chi connectivity index (χ4n) is 4.16. The van der Waals surface area contributed by atoms with E-state index in [0.29, 0.717) is 12.0 Å². The Morgan fingerprint density at radius 3 is 2.86 bits per heavy atom. The summed E-state index contributed by atoms with van der Waals surface area (Å²) in [6.45, 7) is 3.04. The van der Waals surface area contributed by atoms with Crippen molar-refractivity contribution in [1.29, 1.82) is 0 Å². The lowest BCUT2D eigenvalue weighted by Gasteiger charge is -2.35. The molecule has 0 aromatic heterocycles. The second kappa shape index (κ2) is 6.83. The fourth-order valence-corrected chi connectivity index (χ4v) is 4.16. The number of ether oxygens (including phenoxy) is 1. The van der Waals surface area contributed by atoms with Gasteiger partial charge in [0, 0.05) is 5.92 Å². The summed E-state index contributed by atoms with van der Waals surface area (Å²) in [7, 11) is 0.